The Morgan fingerprint density at radius 1 is 1.00 bits per heavy atom. The number of carbonyl (C=O) groups excluding carboxylic acids is 1. The van der Waals surface area contributed by atoms with E-state index in [0.29, 0.717) is 24.7 Å². The third-order valence-electron chi connectivity index (χ3n) is 5.78. The maximum Gasteiger partial charge on any atom is 0.188 e. The number of hydrogen-bond donors (Lipinski definition) is 0. The number of rotatable bonds is 8. The van der Waals surface area contributed by atoms with Gasteiger partial charge in [0, 0.05) is 24.2 Å². The van der Waals surface area contributed by atoms with Crippen LogP contribution in [0.5, 0.6) is 17.2 Å². The second-order valence-electron chi connectivity index (χ2n) is 7.87. The lowest BCUT2D eigenvalue weighted by Crippen LogP contribution is -2.41. The predicted octanol–water partition coefficient (Wildman–Crippen LogP) is 4.88. The molecule has 3 aromatic rings. The minimum Gasteiger partial charge on any atom is -0.492 e. The van der Waals surface area contributed by atoms with Crippen molar-refractivity contribution in [3.8, 4) is 17.2 Å². The monoisotopic (exact) mass is 418 g/mol. The van der Waals surface area contributed by atoms with E-state index in [1.807, 2.05) is 72.8 Å². The van der Waals surface area contributed by atoms with Crippen LogP contribution in [0.4, 0.5) is 0 Å². The van der Waals surface area contributed by atoms with Gasteiger partial charge in [0.2, 0.25) is 0 Å². The number of hydrogen-bond acceptors (Lipinski definition) is 5. The molecule has 0 aromatic heterocycles. The molecule has 0 saturated heterocycles. The van der Waals surface area contributed by atoms with Crippen molar-refractivity contribution < 1.29 is 23.7 Å². The van der Waals surface area contributed by atoms with Gasteiger partial charge in [-0.2, -0.15) is 0 Å². The highest BCUT2D eigenvalue weighted by Crippen LogP contribution is 2.46. The minimum absolute atomic E-state index is 0.159. The molecule has 3 aromatic carbocycles. The molecule has 1 heterocycles. The summed E-state index contributed by atoms with van der Waals surface area (Å²) in [4.78, 5) is 12.2. The summed E-state index contributed by atoms with van der Waals surface area (Å²) in [6.07, 6.45) is 1.01. The van der Waals surface area contributed by atoms with E-state index in [1.54, 1.807) is 7.11 Å². The first kappa shape index (κ1) is 20.9. The van der Waals surface area contributed by atoms with Crippen molar-refractivity contribution in [2.45, 2.75) is 24.9 Å². The van der Waals surface area contributed by atoms with Crippen molar-refractivity contribution in [2.24, 2.45) is 0 Å². The highest BCUT2D eigenvalue weighted by molar-refractivity contribution is 5.70. The molecule has 5 heteroatoms. The summed E-state index contributed by atoms with van der Waals surface area (Å²) >= 11 is 0. The second kappa shape index (κ2) is 9.23. The Morgan fingerprint density at radius 2 is 1.74 bits per heavy atom. The van der Waals surface area contributed by atoms with Crippen LogP contribution in [0.3, 0.4) is 0 Å². The number of benzene rings is 3. The van der Waals surface area contributed by atoms with Crippen molar-refractivity contribution in [1.29, 1.82) is 0 Å². The molecule has 5 nitrogen and oxygen atoms in total. The first-order chi connectivity index (χ1) is 15.1. The number of fused-ring (bicyclic) bond motifs is 1. The van der Waals surface area contributed by atoms with E-state index in [2.05, 4.69) is 6.92 Å². The molecule has 31 heavy (non-hydrogen) atoms. The van der Waals surface area contributed by atoms with Gasteiger partial charge >= 0.3 is 0 Å². The lowest BCUT2D eigenvalue weighted by molar-refractivity contribution is -0.111. The van der Waals surface area contributed by atoms with Gasteiger partial charge in [0.25, 0.3) is 0 Å². The van der Waals surface area contributed by atoms with Crippen LogP contribution in [0.15, 0.2) is 72.8 Å². The Labute approximate surface area is 182 Å². The van der Waals surface area contributed by atoms with Crippen LogP contribution in [0, 0.1) is 0 Å². The fraction of sp³-hybridized carbons (Fsp3) is 0.269. The van der Waals surface area contributed by atoms with Gasteiger partial charge in [0.05, 0.1) is 12.5 Å². The molecule has 2 unspecified atom stereocenters. The van der Waals surface area contributed by atoms with E-state index >= 15 is 0 Å². The Bertz CT molecular complexity index is 1020. The largest absolute Gasteiger partial charge is 0.492 e. The Kier molecular flexibility index (Phi) is 6.23. The second-order valence-corrected chi connectivity index (χ2v) is 7.87. The van der Waals surface area contributed by atoms with E-state index in [-0.39, 0.29) is 12.7 Å². The van der Waals surface area contributed by atoms with Crippen LogP contribution >= 0.6 is 0 Å². The zero-order valence-electron chi connectivity index (χ0n) is 17.7. The van der Waals surface area contributed by atoms with Gasteiger partial charge in [-0.1, -0.05) is 55.5 Å². The first-order valence-corrected chi connectivity index (χ1v) is 10.2. The zero-order chi connectivity index (χ0) is 21.7. The molecule has 4 rings (SSSR count). The maximum absolute atomic E-state index is 12.2. The van der Waals surface area contributed by atoms with E-state index in [4.69, 9.17) is 18.9 Å². The van der Waals surface area contributed by atoms with Gasteiger partial charge in [-0.15, -0.1) is 0 Å². The molecule has 0 bridgehead atoms. The van der Waals surface area contributed by atoms with Gasteiger partial charge in [-0.3, -0.25) is 0 Å². The van der Waals surface area contributed by atoms with Crippen LogP contribution in [0.2, 0.25) is 0 Å². The van der Waals surface area contributed by atoms with Crippen molar-refractivity contribution >= 4 is 6.29 Å². The van der Waals surface area contributed by atoms with Crippen LogP contribution < -0.4 is 14.2 Å². The van der Waals surface area contributed by atoms with Crippen molar-refractivity contribution in [3.05, 3.63) is 89.5 Å². The van der Waals surface area contributed by atoms with Gasteiger partial charge in [0.15, 0.2) is 6.79 Å². The average molecular weight is 418 g/mol. The molecule has 0 fully saturated rings. The van der Waals surface area contributed by atoms with E-state index in [1.165, 1.54) is 0 Å². The van der Waals surface area contributed by atoms with Crippen molar-refractivity contribution in [2.75, 3.05) is 20.5 Å². The summed E-state index contributed by atoms with van der Waals surface area (Å²) in [6, 6.07) is 23.5. The molecule has 0 amide bonds. The smallest absolute Gasteiger partial charge is 0.188 e. The average Bonchev–Trinajstić information content (AvgIpc) is 2.82. The third kappa shape index (κ3) is 4.42. The Hall–Kier alpha value is -3.31. The SMILES string of the molecule is COCOc1ccc2c(c1)OCC(C)(c1ccc(OCc3ccccc3)cc1)C2C=O. The van der Waals surface area contributed by atoms with Gasteiger partial charge in [0.1, 0.15) is 30.1 Å². The van der Waals surface area contributed by atoms with Gasteiger partial charge < -0.3 is 23.7 Å². The molecule has 2 atom stereocenters. The van der Waals surface area contributed by atoms with Crippen molar-refractivity contribution in [3.63, 3.8) is 0 Å². The van der Waals surface area contributed by atoms with Gasteiger partial charge in [-0.25, -0.2) is 0 Å². The van der Waals surface area contributed by atoms with E-state index in [0.717, 1.165) is 28.7 Å². The van der Waals surface area contributed by atoms with E-state index < -0.39 is 5.41 Å². The summed E-state index contributed by atoms with van der Waals surface area (Å²) in [5, 5.41) is 0. The summed E-state index contributed by atoms with van der Waals surface area (Å²) < 4.78 is 22.4. The normalized spacial score (nSPS) is 19.7. The fourth-order valence-electron chi connectivity index (χ4n) is 3.93. The molecular weight excluding hydrogens is 392 g/mol. The number of ether oxygens (including phenoxy) is 4. The molecule has 0 N–H and O–H groups in total. The molecule has 1 aliphatic heterocycles. The summed E-state index contributed by atoms with van der Waals surface area (Å²) in [7, 11) is 1.57. The maximum atomic E-state index is 12.2. The molecule has 1 aliphatic rings. The molecule has 0 aliphatic carbocycles. The highest BCUT2D eigenvalue weighted by atomic mass is 16.7. The molecular formula is C26H26O5. The summed E-state index contributed by atoms with van der Waals surface area (Å²) in [5.41, 5.74) is 2.52. The predicted molar refractivity (Wildman–Crippen MR) is 118 cm³/mol. The third-order valence-corrected chi connectivity index (χ3v) is 5.78. The lowest BCUT2D eigenvalue weighted by Gasteiger charge is -2.40. The topological polar surface area (TPSA) is 54.0 Å². The highest BCUT2D eigenvalue weighted by Gasteiger charge is 2.42. The molecule has 160 valence electrons. The Morgan fingerprint density at radius 3 is 2.45 bits per heavy atom. The molecule has 0 radical (unpaired) electrons. The zero-order valence-corrected chi connectivity index (χ0v) is 17.7. The van der Waals surface area contributed by atoms with Crippen LogP contribution in [0.1, 0.15) is 29.5 Å². The lowest BCUT2D eigenvalue weighted by atomic mass is 9.68. The minimum atomic E-state index is -0.485. The van der Waals surface area contributed by atoms with Crippen molar-refractivity contribution in [1.82, 2.24) is 0 Å². The van der Waals surface area contributed by atoms with Gasteiger partial charge in [-0.05, 0) is 29.3 Å². The van der Waals surface area contributed by atoms with E-state index in [9.17, 15) is 4.79 Å². The standard InChI is InChI=1S/C26H26O5/c1-26(20-8-10-21(11-9-20)29-16-19-6-4-3-5-7-19)17-30-25-14-22(31-18-28-2)12-13-23(25)24(26)15-27/h3-15,24H,16-18H2,1-2H3. The number of aldehydes is 1. The molecule has 0 spiro atoms. The first-order valence-electron chi connectivity index (χ1n) is 10.2. The fourth-order valence-corrected chi connectivity index (χ4v) is 3.93. The Balaban J connectivity index is 1.52. The van der Waals surface area contributed by atoms with Crippen LogP contribution in [-0.4, -0.2) is 26.8 Å². The van der Waals surface area contributed by atoms with Crippen LogP contribution in [0.25, 0.3) is 0 Å². The molecule has 0 saturated carbocycles. The summed E-state index contributed by atoms with van der Waals surface area (Å²) in [5.74, 6) is 1.78. The number of carbonyl (C=O) groups is 1. The van der Waals surface area contributed by atoms with Crippen LogP contribution in [-0.2, 0) is 21.6 Å². The quantitative estimate of drug-likeness (QED) is 0.385. The number of methoxy groups -OCH3 is 1. The summed E-state index contributed by atoms with van der Waals surface area (Å²) in [6.45, 7) is 3.12.